The molecule has 2 aromatic heterocycles. The molecule has 4 fully saturated rings. The average Bonchev–Trinajstić information content (AvgIpc) is 3.37. The number of hydrogen-bond donors (Lipinski definition) is 2. The number of carbonyl (C=O) groups is 1. The fourth-order valence-corrected chi connectivity index (χ4v) is 5.72. The maximum Gasteiger partial charge on any atom is 0.410 e. The van der Waals surface area contributed by atoms with E-state index in [0.29, 0.717) is 37.8 Å². The number of nitrogens with one attached hydrogen (secondary N) is 1. The van der Waals surface area contributed by atoms with Gasteiger partial charge in [0.05, 0.1) is 25.2 Å². The highest BCUT2D eigenvalue weighted by Gasteiger charge is 2.70. The van der Waals surface area contributed by atoms with Crippen molar-refractivity contribution in [1.82, 2.24) is 19.9 Å². The Hall–Kier alpha value is -3.58. The Morgan fingerprint density at radius 2 is 2.21 bits per heavy atom. The first kappa shape index (κ1) is 24.7. The average molecular weight is 545 g/mol. The third kappa shape index (κ3) is 4.29. The Bertz CT molecular complexity index is 1320. The molecule has 1 amide bonds. The number of aromatic nitrogens is 3. The molecule has 200 valence electrons. The third-order valence-electron chi connectivity index (χ3n) is 7.82. The highest BCUT2D eigenvalue weighted by Crippen LogP contribution is 2.60. The number of likely N-dealkylation sites (tertiary alicyclic amines) is 1. The van der Waals surface area contributed by atoms with Gasteiger partial charge in [-0.25, -0.2) is 24.7 Å². The molecule has 38 heavy (non-hydrogen) atoms. The summed E-state index contributed by atoms with van der Waals surface area (Å²) in [6.45, 7) is 3.96. The van der Waals surface area contributed by atoms with E-state index in [1.165, 1.54) is 12.7 Å². The van der Waals surface area contributed by atoms with Gasteiger partial charge >= 0.3 is 6.09 Å². The zero-order chi connectivity index (χ0) is 26.5. The van der Waals surface area contributed by atoms with Crippen LogP contribution in [-0.2, 0) is 9.47 Å². The number of ether oxygens (including phenoxy) is 3. The molecule has 6 rings (SSSR count). The predicted molar refractivity (Wildman–Crippen MR) is 136 cm³/mol. The van der Waals surface area contributed by atoms with Crippen LogP contribution in [0.3, 0.4) is 0 Å². The lowest BCUT2D eigenvalue weighted by molar-refractivity contribution is -0.103. The third-order valence-corrected chi connectivity index (χ3v) is 8.11. The van der Waals surface area contributed by atoms with E-state index in [9.17, 15) is 4.79 Å². The van der Waals surface area contributed by atoms with Gasteiger partial charge in [-0.3, -0.25) is 0 Å². The fourth-order valence-electron chi connectivity index (χ4n) is 5.52. The number of carbonyl (C=O) groups excluding carboxylic acids is 1. The monoisotopic (exact) mass is 544 g/mol. The van der Waals surface area contributed by atoms with E-state index < -0.39 is 5.82 Å². The second-order valence-corrected chi connectivity index (χ2v) is 10.6. The lowest BCUT2D eigenvalue weighted by Gasteiger charge is -2.51. The summed E-state index contributed by atoms with van der Waals surface area (Å²) in [7, 11) is 0. The molecule has 2 aromatic rings. The Labute approximate surface area is 222 Å². The fraction of sp³-hybridized carbons (Fsp3) is 0.500. The Morgan fingerprint density at radius 3 is 2.97 bits per heavy atom. The van der Waals surface area contributed by atoms with E-state index >= 15 is 4.39 Å². The van der Waals surface area contributed by atoms with E-state index in [4.69, 9.17) is 31.5 Å². The molecule has 2 saturated carbocycles. The van der Waals surface area contributed by atoms with Crippen molar-refractivity contribution in [1.29, 1.82) is 0 Å². The molecule has 2 saturated heterocycles. The highest BCUT2D eigenvalue weighted by molar-refractivity contribution is 6.32. The summed E-state index contributed by atoms with van der Waals surface area (Å²) in [4.78, 5) is 34.3. The van der Waals surface area contributed by atoms with E-state index in [1.807, 2.05) is 6.92 Å². The van der Waals surface area contributed by atoms with Crippen LogP contribution in [0.1, 0.15) is 19.8 Å². The van der Waals surface area contributed by atoms with Gasteiger partial charge in [0.2, 0.25) is 5.82 Å². The quantitative estimate of drug-likeness (QED) is 0.304. The number of amides is 1. The van der Waals surface area contributed by atoms with Gasteiger partial charge in [-0.2, -0.15) is 9.37 Å². The molecule has 3 N–H and O–H groups in total. The number of halogens is 2. The molecule has 14 heteroatoms. The molecule has 1 spiro atoms. The summed E-state index contributed by atoms with van der Waals surface area (Å²) in [5.41, 5.74) is 4.92. The van der Waals surface area contributed by atoms with Crippen molar-refractivity contribution in [3.8, 4) is 5.88 Å². The number of aliphatic imine (C=N–C) groups is 2. The van der Waals surface area contributed by atoms with E-state index in [1.54, 1.807) is 17.0 Å². The summed E-state index contributed by atoms with van der Waals surface area (Å²) in [5.74, 6) is -0.782. The standard InChI is InChI=1S/C24H26ClFN8O4/c1-23(4-5-23)38-22(35)34-6-13-18(14-7-36-9-24(13,14)8-34)37-21-17(26)20(30-12-31-21)32-15-2-3-16(33-19(15)25)29-11-28-10-27/h2-3,10-14,18H,4-9H2,1H3,(H,30,31,32)(H2,27,28,29,33). The molecule has 2 aliphatic heterocycles. The molecule has 4 atom stereocenters. The first-order chi connectivity index (χ1) is 18.3. The lowest BCUT2D eigenvalue weighted by Crippen LogP contribution is -2.61. The van der Waals surface area contributed by atoms with Gasteiger partial charge in [0.1, 0.15) is 24.4 Å². The summed E-state index contributed by atoms with van der Waals surface area (Å²) in [6, 6.07) is 3.16. The van der Waals surface area contributed by atoms with Crippen LogP contribution >= 0.6 is 11.6 Å². The van der Waals surface area contributed by atoms with Gasteiger partial charge in [0.15, 0.2) is 16.8 Å². The van der Waals surface area contributed by atoms with Crippen LogP contribution in [0.15, 0.2) is 28.4 Å². The van der Waals surface area contributed by atoms with E-state index in [0.717, 1.165) is 19.2 Å². The minimum atomic E-state index is -0.768. The number of anilines is 2. The first-order valence-electron chi connectivity index (χ1n) is 12.2. The van der Waals surface area contributed by atoms with E-state index in [2.05, 4.69) is 30.3 Å². The number of rotatable bonds is 7. The number of nitrogens with zero attached hydrogens (tertiary/aromatic N) is 6. The summed E-state index contributed by atoms with van der Waals surface area (Å²) in [5, 5.41) is 2.89. The van der Waals surface area contributed by atoms with Crippen LogP contribution < -0.4 is 15.8 Å². The molecule has 4 heterocycles. The minimum absolute atomic E-state index is 0.0166. The van der Waals surface area contributed by atoms with Crippen molar-refractivity contribution in [2.24, 2.45) is 33.0 Å². The Kier molecular flexibility index (Phi) is 6.06. The SMILES string of the molecule is CC1(OC(=O)N2CC3C(Oc4ncnc(Nc5ccc(N=CN=CN)nc5Cl)c4F)C4COCC43C2)CC1. The van der Waals surface area contributed by atoms with Crippen LogP contribution in [0, 0.1) is 23.1 Å². The van der Waals surface area contributed by atoms with Crippen molar-refractivity contribution in [3.63, 3.8) is 0 Å². The summed E-state index contributed by atoms with van der Waals surface area (Å²) in [6.07, 6.45) is 4.61. The molecule has 0 aromatic carbocycles. The highest BCUT2D eigenvalue weighted by atomic mass is 35.5. The lowest BCUT2D eigenvalue weighted by atomic mass is 9.54. The van der Waals surface area contributed by atoms with Gasteiger partial charge in [-0.15, -0.1) is 0 Å². The maximum absolute atomic E-state index is 15.4. The van der Waals surface area contributed by atoms with Crippen molar-refractivity contribution >= 4 is 47.7 Å². The van der Waals surface area contributed by atoms with Gasteiger partial charge in [0.25, 0.3) is 5.88 Å². The molecular weight excluding hydrogens is 519 g/mol. The molecule has 2 aliphatic carbocycles. The topological polar surface area (TPSA) is 149 Å². The molecular formula is C24H26ClFN8O4. The first-order valence-corrected chi connectivity index (χ1v) is 12.6. The molecule has 12 nitrogen and oxygen atoms in total. The van der Waals surface area contributed by atoms with Crippen LogP contribution in [0.4, 0.5) is 26.5 Å². The van der Waals surface area contributed by atoms with Crippen LogP contribution in [0.5, 0.6) is 5.88 Å². The van der Waals surface area contributed by atoms with Crippen molar-refractivity contribution in [2.75, 3.05) is 31.6 Å². The van der Waals surface area contributed by atoms with Gasteiger partial charge in [0, 0.05) is 30.3 Å². The number of hydrogen-bond acceptors (Lipinski definition) is 9. The molecule has 0 bridgehead atoms. The van der Waals surface area contributed by atoms with Crippen LogP contribution in [0.2, 0.25) is 5.15 Å². The van der Waals surface area contributed by atoms with Gasteiger partial charge in [-0.1, -0.05) is 11.6 Å². The molecule has 4 aliphatic rings. The Morgan fingerprint density at radius 1 is 1.37 bits per heavy atom. The molecule has 0 radical (unpaired) electrons. The maximum atomic E-state index is 15.4. The summed E-state index contributed by atoms with van der Waals surface area (Å²) >= 11 is 6.24. The largest absolute Gasteiger partial charge is 0.471 e. The van der Waals surface area contributed by atoms with E-state index in [-0.39, 0.29) is 51.9 Å². The van der Waals surface area contributed by atoms with Crippen LogP contribution in [-0.4, -0.2) is 76.6 Å². The van der Waals surface area contributed by atoms with Crippen LogP contribution in [0.25, 0.3) is 0 Å². The van der Waals surface area contributed by atoms with Crippen molar-refractivity contribution in [2.45, 2.75) is 31.5 Å². The number of nitrogens with two attached hydrogens (primary N) is 1. The number of pyridine rings is 1. The Balaban J connectivity index is 1.16. The smallest absolute Gasteiger partial charge is 0.410 e. The van der Waals surface area contributed by atoms with Crippen molar-refractivity contribution < 1.29 is 23.4 Å². The predicted octanol–water partition coefficient (Wildman–Crippen LogP) is 3.07. The van der Waals surface area contributed by atoms with Gasteiger partial charge < -0.3 is 30.2 Å². The van der Waals surface area contributed by atoms with Gasteiger partial charge in [-0.05, 0) is 31.9 Å². The second-order valence-electron chi connectivity index (χ2n) is 10.3. The summed E-state index contributed by atoms with van der Waals surface area (Å²) < 4.78 is 33.0. The molecule has 4 unspecified atom stereocenters. The zero-order valence-corrected chi connectivity index (χ0v) is 21.3. The zero-order valence-electron chi connectivity index (χ0n) is 20.5. The normalized spacial score (nSPS) is 28.7. The minimum Gasteiger partial charge on any atom is -0.471 e. The second kappa shape index (κ2) is 9.31. The van der Waals surface area contributed by atoms with Crippen molar-refractivity contribution in [3.05, 3.63) is 29.4 Å².